The Morgan fingerprint density at radius 2 is 1.79 bits per heavy atom. The number of benzene rings is 2. The van der Waals surface area contributed by atoms with Crippen molar-refractivity contribution >= 4 is 17.5 Å². The van der Waals surface area contributed by atoms with Crippen LogP contribution in [0.5, 0.6) is 0 Å². The second-order valence-corrected chi connectivity index (χ2v) is 6.18. The predicted molar refractivity (Wildman–Crippen MR) is 106 cm³/mol. The molecular weight excluding hydrogens is 352 g/mol. The van der Waals surface area contributed by atoms with Gasteiger partial charge in [-0.2, -0.15) is 5.26 Å². The molecule has 2 amide bonds. The molecule has 2 N–H and O–H groups in total. The zero-order valence-electron chi connectivity index (χ0n) is 15.2. The summed E-state index contributed by atoms with van der Waals surface area (Å²) in [6.45, 7) is 1.89. The molecule has 2 aromatic carbocycles. The molecule has 0 fully saturated rings. The summed E-state index contributed by atoms with van der Waals surface area (Å²) >= 11 is 0. The first-order chi connectivity index (χ1) is 13.6. The molecule has 6 heteroatoms. The van der Waals surface area contributed by atoms with E-state index in [0.29, 0.717) is 16.8 Å². The molecule has 3 rings (SSSR count). The van der Waals surface area contributed by atoms with Crippen LogP contribution < -0.4 is 10.6 Å². The van der Waals surface area contributed by atoms with E-state index >= 15 is 0 Å². The summed E-state index contributed by atoms with van der Waals surface area (Å²) < 4.78 is 0. The van der Waals surface area contributed by atoms with E-state index in [2.05, 4.69) is 15.6 Å². The fourth-order valence-electron chi connectivity index (χ4n) is 2.66. The minimum absolute atomic E-state index is 0.113. The van der Waals surface area contributed by atoms with Gasteiger partial charge >= 0.3 is 0 Å². The molecular formula is C22H18N4O2. The van der Waals surface area contributed by atoms with Crippen molar-refractivity contribution in [1.29, 1.82) is 5.26 Å². The van der Waals surface area contributed by atoms with Gasteiger partial charge in [0.2, 0.25) is 0 Å². The number of nitriles is 1. The first-order valence-electron chi connectivity index (χ1n) is 8.70. The Kier molecular flexibility index (Phi) is 5.78. The lowest BCUT2D eigenvalue weighted by Crippen LogP contribution is -2.27. The van der Waals surface area contributed by atoms with Gasteiger partial charge in [-0.25, -0.2) is 0 Å². The highest BCUT2D eigenvalue weighted by Gasteiger charge is 2.15. The van der Waals surface area contributed by atoms with Crippen LogP contribution in [0, 0.1) is 11.3 Å². The summed E-state index contributed by atoms with van der Waals surface area (Å²) in [6.07, 6.45) is 1.42. The quantitative estimate of drug-likeness (QED) is 0.716. The first-order valence-corrected chi connectivity index (χ1v) is 8.70. The highest BCUT2D eigenvalue weighted by atomic mass is 16.2. The van der Waals surface area contributed by atoms with E-state index in [1.165, 1.54) is 12.3 Å². The molecule has 0 saturated carbocycles. The van der Waals surface area contributed by atoms with Crippen LogP contribution in [0.25, 0.3) is 0 Å². The Morgan fingerprint density at radius 1 is 1.00 bits per heavy atom. The molecule has 0 aliphatic carbocycles. The number of hydrogen-bond donors (Lipinski definition) is 2. The van der Waals surface area contributed by atoms with Gasteiger partial charge in [0, 0.05) is 17.4 Å². The van der Waals surface area contributed by atoms with Crippen molar-refractivity contribution in [3.63, 3.8) is 0 Å². The number of anilines is 1. The molecule has 0 spiro atoms. The Labute approximate surface area is 162 Å². The van der Waals surface area contributed by atoms with E-state index in [4.69, 9.17) is 5.26 Å². The van der Waals surface area contributed by atoms with Crippen LogP contribution >= 0.6 is 0 Å². The highest BCUT2D eigenvalue weighted by molar-refractivity contribution is 6.04. The van der Waals surface area contributed by atoms with Crippen LogP contribution in [0.3, 0.4) is 0 Å². The van der Waals surface area contributed by atoms with Gasteiger partial charge in [0.1, 0.15) is 5.69 Å². The lowest BCUT2D eigenvalue weighted by molar-refractivity contribution is 0.0939. The van der Waals surface area contributed by atoms with Crippen molar-refractivity contribution in [2.24, 2.45) is 0 Å². The van der Waals surface area contributed by atoms with Gasteiger partial charge in [-0.3, -0.25) is 14.6 Å². The number of hydrogen-bond acceptors (Lipinski definition) is 4. The largest absolute Gasteiger partial charge is 0.346 e. The maximum atomic E-state index is 12.5. The Balaban J connectivity index is 1.71. The van der Waals surface area contributed by atoms with Crippen molar-refractivity contribution in [2.45, 2.75) is 13.0 Å². The van der Waals surface area contributed by atoms with Gasteiger partial charge in [-0.05, 0) is 42.8 Å². The minimum Gasteiger partial charge on any atom is -0.346 e. The van der Waals surface area contributed by atoms with E-state index in [9.17, 15) is 9.59 Å². The summed E-state index contributed by atoms with van der Waals surface area (Å²) in [5.41, 5.74) is 2.36. The van der Waals surface area contributed by atoms with Crippen LogP contribution in [0.15, 0.2) is 72.9 Å². The Hall–Kier alpha value is -3.98. The van der Waals surface area contributed by atoms with Gasteiger partial charge in [0.15, 0.2) is 0 Å². The molecule has 3 aromatic rings. The molecule has 138 valence electrons. The van der Waals surface area contributed by atoms with Gasteiger partial charge < -0.3 is 10.6 Å². The predicted octanol–water partition coefficient (Wildman–Crippen LogP) is 3.70. The molecule has 0 radical (unpaired) electrons. The summed E-state index contributed by atoms with van der Waals surface area (Å²) in [5.74, 6) is -0.750. The molecule has 1 aromatic heterocycles. The van der Waals surface area contributed by atoms with Crippen molar-refractivity contribution in [3.05, 3.63) is 95.3 Å². The van der Waals surface area contributed by atoms with Crippen molar-refractivity contribution < 1.29 is 9.59 Å². The molecule has 1 atom stereocenters. The zero-order chi connectivity index (χ0) is 19.9. The number of aromatic nitrogens is 1. The molecule has 28 heavy (non-hydrogen) atoms. The Bertz CT molecular complexity index is 1040. The van der Waals surface area contributed by atoms with Gasteiger partial charge in [-0.15, -0.1) is 0 Å². The average molecular weight is 370 g/mol. The highest BCUT2D eigenvalue weighted by Crippen LogP contribution is 2.14. The fraction of sp³-hybridized carbons (Fsp3) is 0.0909. The van der Waals surface area contributed by atoms with Gasteiger partial charge in [0.05, 0.1) is 17.7 Å². The topological polar surface area (TPSA) is 94.9 Å². The smallest absolute Gasteiger partial charge is 0.274 e. The molecule has 1 unspecified atom stereocenters. The number of pyridine rings is 1. The van der Waals surface area contributed by atoms with Crippen molar-refractivity contribution in [3.8, 4) is 6.07 Å². The molecule has 0 aliphatic rings. The maximum absolute atomic E-state index is 12.5. The molecule has 0 aliphatic heterocycles. The molecule has 0 saturated heterocycles. The second kappa shape index (κ2) is 8.60. The molecule has 0 bridgehead atoms. The first kappa shape index (κ1) is 18.8. The van der Waals surface area contributed by atoms with Crippen LogP contribution in [0.1, 0.15) is 44.9 Å². The van der Waals surface area contributed by atoms with Gasteiger partial charge in [-0.1, -0.05) is 36.4 Å². The normalized spacial score (nSPS) is 11.1. The fourth-order valence-corrected chi connectivity index (χ4v) is 2.66. The van der Waals surface area contributed by atoms with E-state index in [0.717, 1.165) is 5.56 Å². The number of carbonyl (C=O) groups excluding carboxylic acids is 2. The molecule has 6 nitrogen and oxygen atoms in total. The van der Waals surface area contributed by atoms with E-state index in [-0.39, 0.29) is 17.6 Å². The number of nitrogens with zero attached hydrogens (tertiary/aromatic N) is 2. The lowest BCUT2D eigenvalue weighted by Gasteiger charge is -2.14. The number of rotatable bonds is 5. The number of amides is 2. The summed E-state index contributed by atoms with van der Waals surface area (Å²) in [6, 6.07) is 21.0. The van der Waals surface area contributed by atoms with Crippen molar-refractivity contribution in [2.75, 3.05) is 5.32 Å². The average Bonchev–Trinajstić information content (AvgIpc) is 2.74. The summed E-state index contributed by atoms with van der Waals surface area (Å²) in [7, 11) is 0. The summed E-state index contributed by atoms with van der Waals surface area (Å²) in [5, 5.41) is 14.5. The van der Waals surface area contributed by atoms with Gasteiger partial charge in [0.25, 0.3) is 11.8 Å². The number of carbonyl (C=O) groups is 2. The van der Waals surface area contributed by atoms with Crippen LogP contribution in [-0.2, 0) is 0 Å². The third-order valence-corrected chi connectivity index (χ3v) is 4.15. The number of nitrogens with one attached hydrogen (secondary N) is 2. The third-order valence-electron chi connectivity index (χ3n) is 4.15. The standard InChI is InChI=1S/C22H18N4O2/c1-15(17-7-3-2-4-8-17)25-21(27)18-10-11-24-20(13-18)22(28)26-19-9-5-6-16(12-19)14-23/h2-13,15H,1H3,(H,25,27)(H,26,28). The second-order valence-electron chi connectivity index (χ2n) is 6.18. The SMILES string of the molecule is CC(NC(=O)c1ccnc(C(=O)Nc2cccc(C#N)c2)c1)c1ccccc1. The maximum Gasteiger partial charge on any atom is 0.274 e. The van der Waals surface area contributed by atoms with E-state index < -0.39 is 5.91 Å². The third kappa shape index (κ3) is 4.59. The van der Waals surface area contributed by atoms with E-state index in [1.54, 1.807) is 30.3 Å². The van der Waals surface area contributed by atoms with Crippen LogP contribution in [0.4, 0.5) is 5.69 Å². The minimum atomic E-state index is -0.458. The van der Waals surface area contributed by atoms with Crippen molar-refractivity contribution in [1.82, 2.24) is 10.3 Å². The molecule has 1 heterocycles. The van der Waals surface area contributed by atoms with Crippen LogP contribution in [-0.4, -0.2) is 16.8 Å². The monoisotopic (exact) mass is 370 g/mol. The van der Waals surface area contributed by atoms with E-state index in [1.807, 2.05) is 43.3 Å². The lowest BCUT2D eigenvalue weighted by atomic mass is 10.1. The summed E-state index contributed by atoms with van der Waals surface area (Å²) in [4.78, 5) is 29.0. The zero-order valence-corrected chi connectivity index (χ0v) is 15.2. The van der Waals surface area contributed by atoms with Crippen LogP contribution in [0.2, 0.25) is 0 Å². The Morgan fingerprint density at radius 3 is 2.54 bits per heavy atom.